The van der Waals surface area contributed by atoms with Crippen LogP contribution >= 0.6 is 0 Å². The zero-order chi connectivity index (χ0) is 14.2. The third kappa shape index (κ3) is 2.32. The van der Waals surface area contributed by atoms with Crippen molar-refractivity contribution in [1.82, 2.24) is 5.32 Å². The van der Waals surface area contributed by atoms with Gasteiger partial charge < -0.3 is 10.2 Å². The molecule has 0 spiro atoms. The minimum Gasteiger partial charge on any atom is -0.370 e. The van der Waals surface area contributed by atoms with Crippen molar-refractivity contribution in [3.8, 4) is 0 Å². The third-order valence-electron chi connectivity index (χ3n) is 4.68. The number of nitrogens with zero attached hydrogens (tertiary/aromatic N) is 1. The molecule has 4 rings (SSSR count). The van der Waals surface area contributed by atoms with E-state index in [9.17, 15) is 4.39 Å². The Morgan fingerprint density at radius 1 is 1.14 bits per heavy atom. The highest BCUT2D eigenvalue weighted by Gasteiger charge is 2.26. The van der Waals surface area contributed by atoms with Gasteiger partial charge in [0.25, 0.3) is 0 Å². The van der Waals surface area contributed by atoms with Crippen molar-refractivity contribution in [1.29, 1.82) is 0 Å². The normalized spacial score (nSPS) is 20.2. The summed E-state index contributed by atoms with van der Waals surface area (Å²) in [6, 6.07) is 13.8. The predicted octanol–water partition coefficient (Wildman–Crippen LogP) is 3.08. The highest BCUT2D eigenvalue weighted by atomic mass is 19.1. The first-order valence-electron chi connectivity index (χ1n) is 7.63. The van der Waals surface area contributed by atoms with Gasteiger partial charge in [-0.05, 0) is 35.2 Å². The van der Waals surface area contributed by atoms with Gasteiger partial charge in [-0.3, -0.25) is 0 Å². The van der Waals surface area contributed by atoms with E-state index in [1.807, 2.05) is 6.07 Å². The second kappa shape index (κ2) is 5.15. The molecule has 0 saturated carbocycles. The van der Waals surface area contributed by atoms with Crippen LogP contribution in [0, 0.1) is 5.82 Å². The number of benzene rings is 2. The van der Waals surface area contributed by atoms with E-state index in [0.717, 1.165) is 38.3 Å². The van der Waals surface area contributed by atoms with Crippen molar-refractivity contribution in [2.75, 3.05) is 24.5 Å². The Morgan fingerprint density at radius 3 is 3.00 bits per heavy atom. The maximum Gasteiger partial charge on any atom is 0.125 e. The van der Waals surface area contributed by atoms with Gasteiger partial charge in [0.05, 0.1) is 0 Å². The van der Waals surface area contributed by atoms with Crippen LogP contribution in [0.25, 0.3) is 0 Å². The van der Waals surface area contributed by atoms with Crippen LogP contribution in [0.3, 0.4) is 0 Å². The van der Waals surface area contributed by atoms with Crippen LogP contribution in [-0.4, -0.2) is 19.6 Å². The molecule has 0 radical (unpaired) electrons. The third-order valence-corrected chi connectivity index (χ3v) is 4.68. The first kappa shape index (κ1) is 12.8. The van der Waals surface area contributed by atoms with Crippen LogP contribution in [0.15, 0.2) is 42.5 Å². The van der Waals surface area contributed by atoms with Crippen LogP contribution < -0.4 is 10.2 Å². The SMILES string of the molecule is Fc1ccc2c(c1)N(CC1CNCc3ccccc31)CC2. The fourth-order valence-corrected chi connectivity index (χ4v) is 3.62. The van der Waals surface area contributed by atoms with Crippen LogP contribution in [-0.2, 0) is 13.0 Å². The van der Waals surface area contributed by atoms with Gasteiger partial charge in [0.1, 0.15) is 5.82 Å². The van der Waals surface area contributed by atoms with E-state index in [4.69, 9.17) is 0 Å². The van der Waals surface area contributed by atoms with E-state index in [2.05, 4.69) is 34.5 Å². The lowest BCUT2D eigenvalue weighted by atomic mass is 9.90. The van der Waals surface area contributed by atoms with Gasteiger partial charge in [-0.2, -0.15) is 0 Å². The molecule has 0 saturated heterocycles. The van der Waals surface area contributed by atoms with E-state index in [-0.39, 0.29) is 5.82 Å². The average Bonchev–Trinajstić information content (AvgIpc) is 2.90. The molecule has 1 atom stereocenters. The standard InChI is InChI=1S/C18H19FN2/c19-16-6-5-13-7-8-21(18(13)9-16)12-15-11-20-10-14-3-1-2-4-17(14)15/h1-6,9,15,20H,7-8,10-12H2. The summed E-state index contributed by atoms with van der Waals surface area (Å²) in [6.45, 7) is 3.91. The molecule has 0 aromatic heterocycles. The van der Waals surface area contributed by atoms with E-state index < -0.39 is 0 Å². The number of fused-ring (bicyclic) bond motifs is 2. The van der Waals surface area contributed by atoms with Crippen LogP contribution in [0.5, 0.6) is 0 Å². The van der Waals surface area contributed by atoms with Crippen molar-refractivity contribution in [2.24, 2.45) is 0 Å². The molecule has 108 valence electrons. The summed E-state index contributed by atoms with van der Waals surface area (Å²) in [5.74, 6) is 0.340. The molecule has 1 N–H and O–H groups in total. The molecular weight excluding hydrogens is 263 g/mol. The molecule has 1 unspecified atom stereocenters. The highest BCUT2D eigenvalue weighted by molar-refractivity contribution is 5.58. The van der Waals surface area contributed by atoms with Crippen LogP contribution in [0.4, 0.5) is 10.1 Å². The highest BCUT2D eigenvalue weighted by Crippen LogP contribution is 2.32. The lowest BCUT2D eigenvalue weighted by Crippen LogP contribution is -2.36. The minimum absolute atomic E-state index is 0.136. The van der Waals surface area contributed by atoms with Gasteiger partial charge in [-0.15, -0.1) is 0 Å². The zero-order valence-corrected chi connectivity index (χ0v) is 12.0. The Morgan fingerprint density at radius 2 is 2.05 bits per heavy atom. The van der Waals surface area contributed by atoms with Gasteiger partial charge in [0.15, 0.2) is 0 Å². The molecule has 2 nitrogen and oxygen atoms in total. The first-order valence-corrected chi connectivity index (χ1v) is 7.63. The molecule has 0 fully saturated rings. The average molecular weight is 282 g/mol. The Labute approximate surface area is 124 Å². The van der Waals surface area contributed by atoms with Gasteiger partial charge in [0.2, 0.25) is 0 Å². The fourth-order valence-electron chi connectivity index (χ4n) is 3.62. The molecule has 2 aromatic carbocycles. The van der Waals surface area contributed by atoms with E-state index >= 15 is 0 Å². The van der Waals surface area contributed by atoms with Gasteiger partial charge in [-0.25, -0.2) is 4.39 Å². The molecule has 2 aliphatic rings. The molecule has 2 aromatic rings. The fraction of sp³-hybridized carbons (Fsp3) is 0.333. The molecule has 0 aliphatic carbocycles. The number of halogens is 1. The molecule has 2 heterocycles. The van der Waals surface area contributed by atoms with Crippen LogP contribution in [0.1, 0.15) is 22.6 Å². The second-order valence-electron chi connectivity index (χ2n) is 6.00. The van der Waals surface area contributed by atoms with Gasteiger partial charge >= 0.3 is 0 Å². The van der Waals surface area contributed by atoms with E-state index in [0.29, 0.717) is 5.92 Å². The largest absolute Gasteiger partial charge is 0.370 e. The summed E-state index contributed by atoms with van der Waals surface area (Å²) >= 11 is 0. The Kier molecular flexibility index (Phi) is 3.15. The first-order chi connectivity index (χ1) is 10.3. The van der Waals surface area contributed by atoms with Crippen molar-refractivity contribution in [3.63, 3.8) is 0 Å². The summed E-state index contributed by atoms with van der Waals surface area (Å²) in [5.41, 5.74) is 5.19. The zero-order valence-electron chi connectivity index (χ0n) is 12.0. The summed E-state index contributed by atoms with van der Waals surface area (Å²) < 4.78 is 13.5. The Hall–Kier alpha value is -1.87. The molecule has 0 amide bonds. The quantitative estimate of drug-likeness (QED) is 0.910. The molecule has 3 heteroatoms. The van der Waals surface area contributed by atoms with Crippen molar-refractivity contribution < 1.29 is 4.39 Å². The summed E-state index contributed by atoms with van der Waals surface area (Å²) in [6.07, 6.45) is 1.03. The van der Waals surface area contributed by atoms with Crippen molar-refractivity contribution >= 4 is 5.69 Å². The second-order valence-corrected chi connectivity index (χ2v) is 6.00. The van der Waals surface area contributed by atoms with Crippen molar-refractivity contribution in [2.45, 2.75) is 18.9 Å². The molecule has 0 bridgehead atoms. The number of nitrogens with one attached hydrogen (secondary N) is 1. The summed E-state index contributed by atoms with van der Waals surface area (Å²) in [7, 11) is 0. The summed E-state index contributed by atoms with van der Waals surface area (Å²) in [4.78, 5) is 2.34. The summed E-state index contributed by atoms with van der Waals surface area (Å²) in [5, 5.41) is 3.50. The lowest BCUT2D eigenvalue weighted by molar-refractivity contribution is 0.534. The number of hydrogen-bond donors (Lipinski definition) is 1. The Balaban J connectivity index is 1.60. The van der Waals surface area contributed by atoms with E-state index in [1.54, 1.807) is 12.1 Å². The van der Waals surface area contributed by atoms with Gasteiger partial charge in [-0.1, -0.05) is 30.3 Å². The maximum atomic E-state index is 13.5. The number of hydrogen-bond acceptors (Lipinski definition) is 2. The predicted molar refractivity (Wildman–Crippen MR) is 83.2 cm³/mol. The molecule has 21 heavy (non-hydrogen) atoms. The Bertz CT molecular complexity index is 668. The molecular formula is C18H19FN2. The number of anilines is 1. The van der Waals surface area contributed by atoms with E-state index in [1.165, 1.54) is 16.7 Å². The minimum atomic E-state index is -0.136. The topological polar surface area (TPSA) is 15.3 Å². The lowest BCUT2D eigenvalue weighted by Gasteiger charge is -2.31. The van der Waals surface area contributed by atoms with Gasteiger partial charge in [0, 0.05) is 37.8 Å². The molecule has 2 aliphatic heterocycles. The monoisotopic (exact) mass is 282 g/mol. The van der Waals surface area contributed by atoms with Crippen LogP contribution in [0.2, 0.25) is 0 Å². The smallest absolute Gasteiger partial charge is 0.125 e. The number of rotatable bonds is 2. The van der Waals surface area contributed by atoms with Crippen molar-refractivity contribution in [3.05, 3.63) is 65.0 Å². The maximum absolute atomic E-state index is 13.5.